The van der Waals surface area contributed by atoms with Crippen LogP contribution >= 0.6 is 0 Å². The first-order valence-corrected chi connectivity index (χ1v) is 12.2. The second kappa shape index (κ2) is 7.98. The van der Waals surface area contributed by atoms with Crippen LogP contribution in [0.1, 0.15) is 61.8 Å². The number of carbonyl (C=O) groups excluding carboxylic acids is 1. The van der Waals surface area contributed by atoms with Crippen molar-refractivity contribution in [2.24, 2.45) is 5.73 Å². The molecule has 4 rings (SSSR count). The third kappa shape index (κ3) is 3.76. The van der Waals surface area contributed by atoms with Crippen LogP contribution in [-0.2, 0) is 33.3 Å². The second-order valence-corrected chi connectivity index (χ2v) is 10.8. The fourth-order valence-electron chi connectivity index (χ4n) is 4.96. The van der Waals surface area contributed by atoms with Crippen molar-refractivity contribution in [2.75, 3.05) is 14.1 Å². The molecule has 8 heteroatoms. The number of hydrogen-bond donors (Lipinski definition) is 2. The SMILES string of the molecule is CN(C)S(=O)(=O)NC1CCC(C(N)=O)(c2ccc3oc4c(c3c2)CCCCC4)CC1. The van der Waals surface area contributed by atoms with E-state index in [-0.39, 0.29) is 11.9 Å². The van der Waals surface area contributed by atoms with Crippen molar-refractivity contribution in [3.05, 3.63) is 35.1 Å². The van der Waals surface area contributed by atoms with E-state index < -0.39 is 15.6 Å². The third-order valence-corrected chi connectivity index (χ3v) is 8.46. The normalized spacial score (nSPS) is 25.2. The van der Waals surface area contributed by atoms with E-state index in [2.05, 4.69) is 10.8 Å². The van der Waals surface area contributed by atoms with Gasteiger partial charge in [-0.2, -0.15) is 17.4 Å². The van der Waals surface area contributed by atoms with Gasteiger partial charge in [0.15, 0.2) is 0 Å². The van der Waals surface area contributed by atoms with Crippen LogP contribution in [0.15, 0.2) is 22.6 Å². The monoisotopic (exact) mass is 433 g/mol. The third-order valence-electron chi connectivity index (χ3n) is 6.86. The topological polar surface area (TPSA) is 106 Å². The predicted octanol–water partition coefficient (Wildman–Crippen LogP) is 2.76. The van der Waals surface area contributed by atoms with Crippen LogP contribution in [0.4, 0.5) is 0 Å². The lowest BCUT2D eigenvalue weighted by Gasteiger charge is -2.38. The molecule has 2 aliphatic rings. The number of nitrogens with one attached hydrogen (secondary N) is 1. The van der Waals surface area contributed by atoms with Gasteiger partial charge < -0.3 is 10.2 Å². The maximum Gasteiger partial charge on any atom is 0.279 e. The zero-order chi connectivity index (χ0) is 21.5. The molecule has 0 bridgehead atoms. The van der Waals surface area contributed by atoms with Gasteiger partial charge >= 0.3 is 0 Å². The van der Waals surface area contributed by atoms with E-state index in [0.717, 1.165) is 48.0 Å². The van der Waals surface area contributed by atoms with E-state index in [1.165, 1.54) is 30.4 Å². The minimum atomic E-state index is -3.50. The molecule has 0 unspecified atom stereocenters. The zero-order valence-corrected chi connectivity index (χ0v) is 18.6. The Labute approximate surface area is 178 Å². The first-order valence-electron chi connectivity index (χ1n) is 10.8. The molecule has 0 aliphatic heterocycles. The Hall–Kier alpha value is -1.90. The van der Waals surface area contributed by atoms with Gasteiger partial charge in [-0.15, -0.1) is 0 Å². The van der Waals surface area contributed by atoms with Crippen molar-refractivity contribution in [2.45, 2.75) is 69.2 Å². The van der Waals surface area contributed by atoms with Crippen molar-refractivity contribution in [1.82, 2.24) is 9.03 Å². The molecular formula is C22H31N3O4S. The number of benzene rings is 1. The van der Waals surface area contributed by atoms with Gasteiger partial charge in [-0.1, -0.05) is 12.5 Å². The highest BCUT2D eigenvalue weighted by Gasteiger charge is 2.43. The number of aryl methyl sites for hydroxylation is 2. The van der Waals surface area contributed by atoms with Gasteiger partial charge in [0.2, 0.25) is 5.91 Å². The average molecular weight is 434 g/mol. The molecule has 2 aliphatic carbocycles. The summed E-state index contributed by atoms with van der Waals surface area (Å²) >= 11 is 0. The number of fused-ring (bicyclic) bond motifs is 3. The zero-order valence-electron chi connectivity index (χ0n) is 17.7. The minimum Gasteiger partial charge on any atom is -0.461 e. The van der Waals surface area contributed by atoms with E-state index >= 15 is 0 Å². The molecule has 0 atom stereocenters. The minimum absolute atomic E-state index is 0.196. The second-order valence-electron chi connectivity index (χ2n) is 8.90. The largest absolute Gasteiger partial charge is 0.461 e. The van der Waals surface area contributed by atoms with Gasteiger partial charge in [0.25, 0.3) is 10.2 Å². The molecule has 1 aromatic carbocycles. The lowest BCUT2D eigenvalue weighted by Crippen LogP contribution is -2.50. The summed E-state index contributed by atoms with van der Waals surface area (Å²) in [5.74, 6) is 0.736. The van der Waals surface area contributed by atoms with E-state index in [4.69, 9.17) is 10.2 Å². The summed E-state index contributed by atoms with van der Waals surface area (Å²) < 4.78 is 34.3. The molecule has 0 spiro atoms. The summed E-state index contributed by atoms with van der Waals surface area (Å²) in [5.41, 5.74) is 8.22. The lowest BCUT2D eigenvalue weighted by molar-refractivity contribution is -0.124. The number of nitrogens with two attached hydrogens (primary N) is 1. The van der Waals surface area contributed by atoms with E-state index in [1.54, 1.807) is 0 Å². The Morgan fingerprint density at radius 3 is 2.53 bits per heavy atom. The first-order chi connectivity index (χ1) is 14.2. The summed E-state index contributed by atoms with van der Waals surface area (Å²) in [5, 5.41) is 1.10. The molecule has 164 valence electrons. The van der Waals surface area contributed by atoms with Crippen molar-refractivity contribution in [1.29, 1.82) is 0 Å². The molecule has 2 aromatic rings. The Bertz CT molecular complexity index is 1050. The van der Waals surface area contributed by atoms with Gasteiger partial charge in [0.1, 0.15) is 11.3 Å². The molecule has 0 saturated heterocycles. The fraction of sp³-hybridized carbons (Fsp3) is 0.591. The molecular weight excluding hydrogens is 402 g/mol. The molecule has 30 heavy (non-hydrogen) atoms. The first kappa shape index (κ1) is 21.3. The Morgan fingerprint density at radius 1 is 1.17 bits per heavy atom. The van der Waals surface area contributed by atoms with E-state index in [9.17, 15) is 13.2 Å². The summed E-state index contributed by atoms with van der Waals surface area (Å²) in [7, 11) is -0.496. The van der Waals surface area contributed by atoms with Crippen LogP contribution in [-0.4, -0.2) is 38.8 Å². The van der Waals surface area contributed by atoms with Crippen LogP contribution in [0.25, 0.3) is 11.0 Å². The van der Waals surface area contributed by atoms with Crippen molar-refractivity contribution in [3.8, 4) is 0 Å². The molecule has 1 saturated carbocycles. The average Bonchev–Trinajstić information content (AvgIpc) is 2.88. The van der Waals surface area contributed by atoms with Crippen molar-refractivity contribution < 1.29 is 17.6 Å². The summed E-state index contributed by atoms with van der Waals surface area (Å²) in [6.45, 7) is 0. The smallest absolute Gasteiger partial charge is 0.279 e. The summed E-state index contributed by atoms with van der Waals surface area (Å²) in [4.78, 5) is 12.6. The number of furan rings is 1. The van der Waals surface area contributed by atoms with E-state index in [1.807, 2.05) is 12.1 Å². The van der Waals surface area contributed by atoms with Crippen LogP contribution in [0.5, 0.6) is 0 Å². The molecule has 1 fully saturated rings. The quantitative estimate of drug-likeness (QED) is 0.707. The number of primary amides is 1. The van der Waals surface area contributed by atoms with Gasteiger partial charge in [-0.25, -0.2) is 0 Å². The number of nitrogens with zero attached hydrogens (tertiary/aromatic N) is 1. The summed E-state index contributed by atoms with van der Waals surface area (Å²) in [6.07, 6.45) is 7.66. The summed E-state index contributed by atoms with van der Waals surface area (Å²) in [6, 6.07) is 5.82. The molecule has 1 amide bonds. The van der Waals surface area contributed by atoms with Crippen LogP contribution in [0.3, 0.4) is 0 Å². The predicted molar refractivity (Wildman–Crippen MR) is 116 cm³/mol. The fourth-order valence-corrected chi connectivity index (χ4v) is 5.83. The highest BCUT2D eigenvalue weighted by molar-refractivity contribution is 7.87. The number of carbonyl (C=O) groups is 1. The standard InChI is InChI=1S/C22H31N3O4S/c1-25(2)30(27,28)24-16-10-12-22(13-11-16,21(23)26)15-8-9-20-18(14-15)17-6-4-3-5-7-19(17)29-20/h8-9,14,16,24H,3-7,10-13H2,1-2H3,(H2,23,26). The van der Waals surface area contributed by atoms with Gasteiger partial charge in [0.05, 0.1) is 5.41 Å². The molecule has 3 N–H and O–H groups in total. The number of amides is 1. The molecule has 0 radical (unpaired) electrons. The maximum absolute atomic E-state index is 12.6. The molecule has 1 aromatic heterocycles. The Morgan fingerprint density at radius 2 is 1.87 bits per heavy atom. The van der Waals surface area contributed by atoms with Crippen LogP contribution in [0, 0.1) is 0 Å². The Kier molecular flexibility index (Phi) is 5.67. The van der Waals surface area contributed by atoms with Gasteiger partial charge in [-0.3, -0.25) is 4.79 Å². The highest BCUT2D eigenvalue weighted by atomic mass is 32.2. The Balaban J connectivity index is 1.63. The molecule has 1 heterocycles. The number of rotatable bonds is 5. The van der Waals surface area contributed by atoms with E-state index in [0.29, 0.717) is 25.7 Å². The number of hydrogen-bond acceptors (Lipinski definition) is 4. The lowest BCUT2D eigenvalue weighted by atomic mass is 9.67. The maximum atomic E-state index is 12.6. The van der Waals surface area contributed by atoms with Crippen molar-refractivity contribution >= 4 is 27.1 Å². The van der Waals surface area contributed by atoms with Crippen LogP contribution < -0.4 is 10.5 Å². The molecule has 7 nitrogen and oxygen atoms in total. The van der Waals surface area contributed by atoms with Crippen LogP contribution in [0.2, 0.25) is 0 Å². The van der Waals surface area contributed by atoms with Gasteiger partial charge in [0, 0.05) is 37.5 Å². The highest BCUT2D eigenvalue weighted by Crippen LogP contribution is 2.42. The van der Waals surface area contributed by atoms with Crippen molar-refractivity contribution in [3.63, 3.8) is 0 Å². The van der Waals surface area contributed by atoms with Gasteiger partial charge in [-0.05, 0) is 62.6 Å².